The lowest BCUT2D eigenvalue weighted by Gasteiger charge is -2.13. The van der Waals surface area contributed by atoms with E-state index in [-0.39, 0.29) is 0 Å². The van der Waals surface area contributed by atoms with E-state index in [9.17, 15) is 0 Å². The number of benzene rings is 9. The van der Waals surface area contributed by atoms with Crippen molar-refractivity contribution in [3.05, 3.63) is 237 Å². The predicted molar refractivity (Wildman–Crippen MR) is 260 cm³/mol. The average Bonchev–Trinajstić information content (AvgIpc) is 3.87. The molecule has 9 aromatic carbocycles. The quantitative estimate of drug-likeness (QED) is 0.158. The highest BCUT2D eigenvalue weighted by Crippen LogP contribution is 2.39. The lowest BCUT2D eigenvalue weighted by molar-refractivity contribution is 1.18. The van der Waals surface area contributed by atoms with Crippen LogP contribution in [0.3, 0.4) is 0 Å². The standard InChI is InChI=1S/C59H39N3/c1-4-15-40(16-5-1)44-21-14-22-49(35-44)62-57-26-13-11-24-51(57)53-34-30-46(39-59(53)62)45-29-33-52-50-23-10-12-25-56(50)61(58(52)38-45)48-31-27-43(28-32-48)55-37-47(41-17-6-2-7-18-41)36-54(60-55)42-19-8-3-9-20-42/h1-39H. The van der Waals surface area contributed by atoms with Crippen LogP contribution in [0.15, 0.2) is 237 Å². The van der Waals surface area contributed by atoms with Crippen molar-refractivity contribution in [1.29, 1.82) is 0 Å². The summed E-state index contributed by atoms with van der Waals surface area (Å²) < 4.78 is 4.83. The number of hydrogen-bond donors (Lipinski definition) is 0. The van der Waals surface area contributed by atoms with Gasteiger partial charge in [-0.15, -0.1) is 0 Å². The molecule has 0 saturated heterocycles. The Morgan fingerprint density at radius 3 is 1.19 bits per heavy atom. The maximum Gasteiger partial charge on any atom is 0.0715 e. The average molecular weight is 790 g/mol. The van der Waals surface area contributed by atoms with Gasteiger partial charge in [-0.3, -0.25) is 0 Å². The molecule has 0 N–H and O–H groups in total. The van der Waals surface area contributed by atoms with Crippen LogP contribution in [0, 0.1) is 0 Å². The Kier molecular flexibility index (Phi) is 8.50. The lowest BCUT2D eigenvalue weighted by atomic mass is 10.00. The van der Waals surface area contributed by atoms with Gasteiger partial charge < -0.3 is 9.13 Å². The molecule has 0 aliphatic heterocycles. The van der Waals surface area contributed by atoms with Gasteiger partial charge in [-0.2, -0.15) is 0 Å². The molecule has 0 bridgehead atoms. The predicted octanol–water partition coefficient (Wildman–Crippen LogP) is 15.6. The number of fused-ring (bicyclic) bond motifs is 6. The molecule has 0 amide bonds. The van der Waals surface area contributed by atoms with Crippen LogP contribution in [0.5, 0.6) is 0 Å². The van der Waals surface area contributed by atoms with E-state index in [0.717, 1.165) is 39.5 Å². The van der Waals surface area contributed by atoms with Gasteiger partial charge in [0.1, 0.15) is 0 Å². The molecule has 0 fully saturated rings. The van der Waals surface area contributed by atoms with E-state index in [1.807, 2.05) is 6.07 Å². The van der Waals surface area contributed by atoms with Crippen LogP contribution >= 0.6 is 0 Å². The Bertz CT molecular complexity index is 3540. The molecule has 12 aromatic rings. The summed E-state index contributed by atoms with van der Waals surface area (Å²) >= 11 is 0. The summed E-state index contributed by atoms with van der Waals surface area (Å²) in [4.78, 5) is 5.21. The first-order chi connectivity index (χ1) is 30.7. The van der Waals surface area contributed by atoms with Crippen molar-refractivity contribution >= 4 is 43.6 Å². The number of para-hydroxylation sites is 2. The second-order valence-corrected chi connectivity index (χ2v) is 16.0. The lowest BCUT2D eigenvalue weighted by Crippen LogP contribution is -1.95. The molecule has 3 heterocycles. The van der Waals surface area contributed by atoms with E-state index in [2.05, 4.69) is 240 Å². The Morgan fingerprint density at radius 2 is 0.629 bits per heavy atom. The molecule has 0 spiro atoms. The van der Waals surface area contributed by atoms with Gasteiger partial charge in [0, 0.05) is 44.0 Å². The Hall–Kier alpha value is -8.27. The van der Waals surface area contributed by atoms with E-state index < -0.39 is 0 Å². The van der Waals surface area contributed by atoms with Gasteiger partial charge in [0.25, 0.3) is 0 Å². The highest BCUT2D eigenvalue weighted by molar-refractivity contribution is 6.12. The van der Waals surface area contributed by atoms with Crippen molar-refractivity contribution in [3.8, 4) is 67.3 Å². The molecule has 12 rings (SSSR count). The van der Waals surface area contributed by atoms with Crippen molar-refractivity contribution in [3.63, 3.8) is 0 Å². The van der Waals surface area contributed by atoms with Gasteiger partial charge in [0.15, 0.2) is 0 Å². The minimum Gasteiger partial charge on any atom is -0.309 e. The second-order valence-electron chi connectivity index (χ2n) is 16.0. The molecule has 3 heteroatoms. The first-order valence-corrected chi connectivity index (χ1v) is 21.2. The van der Waals surface area contributed by atoms with Crippen LogP contribution in [0.4, 0.5) is 0 Å². The molecule has 0 radical (unpaired) electrons. The summed E-state index contributed by atoms with van der Waals surface area (Å²) in [6.45, 7) is 0. The first-order valence-electron chi connectivity index (χ1n) is 21.2. The number of rotatable bonds is 7. The van der Waals surface area contributed by atoms with Crippen molar-refractivity contribution < 1.29 is 0 Å². The molecule has 0 unspecified atom stereocenters. The first kappa shape index (κ1) is 35.7. The third-order valence-corrected chi connectivity index (χ3v) is 12.3. The minimum atomic E-state index is 0.945. The second kappa shape index (κ2) is 14.8. The van der Waals surface area contributed by atoms with Crippen molar-refractivity contribution in [2.75, 3.05) is 0 Å². The molecule has 0 saturated carbocycles. The summed E-state index contributed by atoms with van der Waals surface area (Å²) in [5, 5.41) is 4.95. The van der Waals surface area contributed by atoms with Gasteiger partial charge in [0.05, 0.1) is 33.5 Å². The molecule has 0 atom stereocenters. The fourth-order valence-corrected chi connectivity index (χ4v) is 9.33. The van der Waals surface area contributed by atoms with E-state index in [1.54, 1.807) is 0 Å². The number of pyridine rings is 1. The summed E-state index contributed by atoms with van der Waals surface area (Å²) in [6, 6.07) is 85.2. The summed E-state index contributed by atoms with van der Waals surface area (Å²) in [5.74, 6) is 0. The number of nitrogens with zero attached hydrogens (tertiary/aromatic N) is 3. The fraction of sp³-hybridized carbons (Fsp3) is 0. The minimum absolute atomic E-state index is 0.945. The van der Waals surface area contributed by atoms with Crippen LogP contribution in [-0.4, -0.2) is 14.1 Å². The Balaban J connectivity index is 0.980. The third kappa shape index (κ3) is 6.10. The SMILES string of the molecule is c1ccc(-c2cccc(-n3c4ccccc4c4ccc(-c5ccc6c7ccccc7n(-c7ccc(-c8cc(-c9ccccc9)cc(-c9ccccc9)n8)cc7)c6c5)cc43)c2)cc1. The molecular weight excluding hydrogens is 751 g/mol. The topological polar surface area (TPSA) is 22.8 Å². The largest absolute Gasteiger partial charge is 0.309 e. The summed E-state index contributed by atoms with van der Waals surface area (Å²) in [6.07, 6.45) is 0. The zero-order valence-corrected chi connectivity index (χ0v) is 33.9. The maximum atomic E-state index is 5.21. The van der Waals surface area contributed by atoms with Crippen molar-refractivity contribution in [2.45, 2.75) is 0 Å². The van der Waals surface area contributed by atoms with Gasteiger partial charge in [0.2, 0.25) is 0 Å². The molecule has 0 aliphatic rings. The molecule has 62 heavy (non-hydrogen) atoms. The molecule has 3 aromatic heterocycles. The van der Waals surface area contributed by atoms with Crippen LogP contribution in [0.2, 0.25) is 0 Å². The maximum absolute atomic E-state index is 5.21. The summed E-state index contributed by atoms with van der Waals surface area (Å²) in [7, 11) is 0. The van der Waals surface area contributed by atoms with Crippen LogP contribution in [0.1, 0.15) is 0 Å². The van der Waals surface area contributed by atoms with E-state index >= 15 is 0 Å². The van der Waals surface area contributed by atoms with E-state index in [4.69, 9.17) is 4.98 Å². The molecule has 290 valence electrons. The van der Waals surface area contributed by atoms with Gasteiger partial charge in [-0.1, -0.05) is 176 Å². The third-order valence-electron chi connectivity index (χ3n) is 12.3. The van der Waals surface area contributed by atoms with E-state index in [1.165, 1.54) is 71.4 Å². The smallest absolute Gasteiger partial charge is 0.0715 e. The monoisotopic (exact) mass is 789 g/mol. The number of hydrogen-bond acceptors (Lipinski definition) is 1. The highest BCUT2D eigenvalue weighted by Gasteiger charge is 2.17. The molecular formula is C59H39N3. The normalized spacial score (nSPS) is 11.5. The number of aromatic nitrogens is 3. The van der Waals surface area contributed by atoms with Gasteiger partial charge >= 0.3 is 0 Å². The Morgan fingerprint density at radius 1 is 0.226 bits per heavy atom. The Labute approximate surface area is 360 Å². The van der Waals surface area contributed by atoms with E-state index in [0.29, 0.717) is 0 Å². The highest BCUT2D eigenvalue weighted by atomic mass is 15.0. The van der Waals surface area contributed by atoms with Crippen LogP contribution in [-0.2, 0) is 0 Å². The fourth-order valence-electron chi connectivity index (χ4n) is 9.33. The zero-order chi connectivity index (χ0) is 41.0. The van der Waals surface area contributed by atoms with Gasteiger partial charge in [-0.25, -0.2) is 4.98 Å². The van der Waals surface area contributed by atoms with Gasteiger partial charge in [-0.05, 0) is 94.0 Å². The zero-order valence-electron chi connectivity index (χ0n) is 33.9. The van der Waals surface area contributed by atoms with Crippen molar-refractivity contribution in [1.82, 2.24) is 14.1 Å². The van der Waals surface area contributed by atoms with Crippen molar-refractivity contribution in [2.24, 2.45) is 0 Å². The summed E-state index contributed by atoms with van der Waals surface area (Å²) in [5.41, 5.74) is 18.1. The van der Waals surface area contributed by atoms with Crippen LogP contribution < -0.4 is 0 Å². The van der Waals surface area contributed by atoms with Crippen LogP contribution in [0.25, 0.3) is 111 Å². The molecule has 3 nitrogen and oxygen atoms in total. The molecule has 0 aliphatic carbocycles.